The van der Waals surface area contributed by atoms with Gasteiger partial charge in [0.2, 0.25) is 27.6 Å². The lowest BCUT2D eigenvalue weighted by Gasteiger charge is -2.30. The van der Waals surface area contributed by atoms with Crippen molar-refractivity contribution in [3.63, 3.8) is 0 Å². The molecule has 1 aromatic carbocycles. The zero-order valence-electron chi connectivity index (χ0n) is 15.9. The number of sulfonamides is 1. The van der Waals surface area contributed by atoms with Crippen molar-refractivity contribution in [1.82, 2.24) is 19.8 Å². The summed E-state index contributed by atoms with van der Waals surface area (Å²) in [5, 5.41) is 6.69. The monoisotopic (exact) mass is 408 g/mol. The highest BCUT2D eigenvalue weighted by molar-refractivity contribution is 7.89. The number of nitrogens with one attached hydrogen (secondary N) is 1. The van der Waals surface area contributed by atoms with Crippen LogP contribution in [-0.4, -0.2) is 54.7 Å². The second kappa shape index (κ2) is 8.70. The SMILES string of the molecule is CCS(=O)(=O)N1CCCC(C(=O)NCc2nc(-c3cccc(OC)c3)no2)C1. The largest absolute Gasteiger partial charge is 0.497 e. The number of hydrogen-bond acceptors (Lipinski definition) is 7. The number of rotatable bonds is 7. The molecule has 0 saturated carbocycles. The van der Waals surface area contributed by atoms with Gasteiger partial charge >= 0.3 is 0 Å². The third kappa shape index (κ3) is 4.68. The number of carbonyl (C=O) groups excluding carboxylic acids is 1. The molecular weight excluding hydrogens is 384 g/mol. The number of carbonyl (C=O) groups is 1. The summed E-state index contributed by atoms with van der Waals surface area (Å²) in [7, 11) is -1.71. The predicted molar refractivity (Wildman–Crippen MR) is 102 cm³/mol. The highest BCUT2D eigenvalue weighted by Gasteiger charge is 2.31. The van der Waals surface area contributed by atoms with Gasteiger partial charge in [-0.3, -0.25) is 4.79 Å². The average Bonchev–Trinajstić information content (AvgIpc) is 3.21. The number of piperidine rings is 1. The van der Waals surface area contributed by atoms with Gasteiger partial charge in [0.15, 0.2) is 0 Å². The molecule has 2 aromatic rings. The molecule has 1 aliphatic heterocycles. The number of ether oxygens (including phenoxy) is 1. The molecule has 2 heterocycles. The van der Waals surface area contributed by atoms with E-state index in [1.807, 2.05) is 18.2 Å². The van der Waals surface area contributed by atoms with Gasteiger partial charge in [0.05, 0.1) is 25.3 Å². The van der Waals surface area contributed by atoms with Crippen LogP contribution in [0.25, 0.3) is 11.4 Å². The fourth-order valence-electron chi connectivity index (χ4n) is 3.10. The maximum atomic E-state index is 12.5. The van der Waals surface area contributed by atoms with Gasteiger partial charge in [0.25, 0.3) is 0 Å². The van der Waals surface area contributed by atoms with E-state index in [-0.39, 0.29) is 36.6 Å². The van der Waals surface area contributed by atoms with Crippen molar-refractivity contribution in [3.8, 4) is 17.1 Å². The quantitative estimate of drug-likeness (QED) is 0.737. The smallest absolute Gasteiger partial charge is 0.246 e. The van der Waals surface area contributed by atoms with E-state index in [1.165, 1.54) is 4.31 Å². The van der Waals surface area contributed by atoms with Crippen molar-refractivity contribution in [2.24, 2.45) is 5.92 Å². The number of amides is 1. The third-order valence-electron chi connectivity index (χ3n) is 4.72. The summed E-state index contributed by atoms with van der Waals surface area (Å²) in [6.07, 6.45) is 1.32. The molecule has 1 N–H and O–H groups in total. The first-order valence-corrected chi connectivity index (χ1v) is 10.8. The fourth-order valence-corrected chi connectivity index (χ4v) is 4.28. The Hall–Kier alpha value is -2.46. The predicted octanol–water partition coefficient (Wildman–Crippen LogP) is 1.42. The number of benzene rings is 1. The molecule has 1 fully saturated rings. The minimum Gasteiger partial charge on any atom is -0.497 e. The Kier molecular flexibility index (Phi) is 6.30. The summed E-state index contributed by atoms with van der Waals surface area (Å²) < 4.78 is 35.9. The van der Waals surface area contributed by atoms with E-state index in [1.54, 1.807) is 20.1 Å². The summed E-state index contributed by atoms with van der Waals surface area (Å²) in [5.74, 6) is 0.811. The van der Waals surface area contributed by atoms with E-state index in [4.69, 9.17) is 9.26 Å². The van der Waals surface area contributed by atoms with Crippen molar-refractivity contribution in [2.45, 2.75) is 26.3 Å². The molecule has 1 aromatic heterocycles. The third-order valence-corrected chi connectivity index (χ3v) is 6.57. The molecule has 10 heteroatoms. The number of aromatic nitrogens is 2. The molecular formula is C18H24N4O5S. The minimum absolute atomic E-state index is 0.0381. The Morgan fingerprint density at radius 2 is 2.25 bits per heavy atom. The second-order valence-corrected chi connectivity index (χ2v) is 8.82. The fraction of sp³-hybridized carbons (Fsp3) is 0.500. The molecule has 28 heavy (non-hydrogen) atoms. The maximum Gasteiger partial charge on any atom is 0.246 e. The molecule has 1 aliphatic rings. The van der Waals surface area contributed by atoms with Crippen molar-refractivity contribution in [1.29, 1.82) is 0 Å². The highest BCUT2D eigenvalue weighted by atomic mass is 32.2. The Bertz CT molecular complexity index is 928. The summed E-state index contributed by atoms with van der Waals surface area (Å²) in [6.45, 7) is 2.37. The maximum absolute atomic E-state index is 12.5. The normalized spacial score (nSPS) is 18.0. The van der Waals surface area contributed by atoms with Crippen LogP contribution in [0.1, 0.15) is 25.7 Å². The lowest BCUT2D eigenvalue weighted by atomic mass is 9.99. The Balaban J connectivity index is 1.58. The van der Waals surface area contributed by atoms with Crippen LogP contribution in [0.2, 0.25) is 0 Å². The van der Waals surface area contributed by atoms with Crippen molar-refractivity contribution in [2.75, 3.05) is 26.0 Å². The van der Waals surface area contributed by atoms with Gasteiger partial charge in [0, 0.05) is 18.7 Å². The summed E-state index contributed by atoms with van der Waals surface area (Å²) in [5.41, 5.74) is 0.744. The molecule has 9 nitrogen and oxygen atoms in total. The number of nitrogens with zero attached hydrogens (tertiary/aromatic N) is 3. The van der Waals surface area contributed by atoms with E-state index in [9.17, 15) is 13.2 Å². The zero-order valence-corrected chi connectivity index (χ0v) is 16.7. The molecule has 0 spiro atoms. The molecule has 0 aliphatic carbocycles. The van der Waals surface area contributed by atoms with Crippen molar-refractivity contribution in [3.05, 3.63) is 30.2 Å². The van der Waals surface area contributed by atoms with Gasteiger partial charge in [-0.1, -0.05) is 17.3 Å². The Labute approximate surface area is 164 Å². The highest BCUT2D eigenvalue weighted by Crippen LogP contribution is 2.22. The van der Waals surface area contributed by atoms with E-state index < -0.39 is 10.0 Å². The Morgan fingerprint density at radius 1 is 1.43 bits per heavy atom. The van der Waals surface area contributed by atoms with Gasteiger partial charge in [-0.15, -0.1) is 0 Å². The van der Waals surface area contributed by atoms with E-state index in [2.05, 4.69) is 15.5 Å². The molecule has 0 bridgehead atoms. The average molecular weight is 408 g/mol. The van der Waals surface area contributed by atoms with Crippen LogP contribution in [0, 0.1) is 5.92 Å². The van der Waals surface area contributed by atoms with Gasteiger partial charge in [-0.05, 0) is 31.9 Å². The molecule has 0 radical (unpaired) electrons. The van der Waals surface area contributed by atoms with Crippen LogP contribution in [0.5, 0.6) is 5.75 Å². The van der Waals surface area contributed by atoms with Crippen LogP contribution >= 0.6 is 0 Å². The van der Waals surface area contributed by atoms with Gasteiger partial charge in [-0.2, -0.15) is 4.98 Å². The second-order valence-electron chi connectivity index (χ2n) is 6.56. The summed E-state index contributed by atoms with van der Waals surface area (Å²) >= 11 is 0. The lowest BCUT2D eigenvalue weighted by molar-refractivity contribution is -0.126. The molecule has 1 atom stereocenters. The van der Waals surface area contributed by atoms with Gasteiger partial charge in [0.1, 0.15) is 5.75 Å². The topological polar surface area (TPSA) is 115 Å². The molecule has 1 unspecified atom stereocenters. The lowest BCUT2D eigenvalue weighted by Crippen LogP contribution is -2.45. The van der Waals surface area contributed by atoms with Crippen molar-refractivity contribution < 1.29 is 22.5 Å². The summed E-state index contributed by atoms with van der Waals surface area (Å²) in [4.78, 5) is 16.7. The van der Waals surface area contributed by atoms with E-state index >= 15 is 0 Å². The van der Waals surface area contributed by atoms with Crippen LogP contribution < -0.4 is 10.1 Å². The Morgan fingerprint density at radius 3 is 3.00 bits per heavy atom. The van der Waals surface area contributed by atoms with Gasteiger partial charge < -0.3 is 14.6 Å². The molecule has 1 saturated heterocycles. The first-order chi connectivity index (χ1) is 13.4. The van der Waals surface area contributed by atoms with Crippen LogP contribution in [0.15, 0.2) is 28.8 Å². The van der Waals surface area contributed by atoms with Crippen LogP contribution in [0.3, 0.4) is 0 Å². The first kappa shape index (κ1) is 20.3. The molecule has 1 amide bonds. The number of methoxy groups -OCH3 is 1. The van der Waals surface area contributed by atoms with Crippen LogP contribution in [-0.2, 0) is 21.4 Å². The van der Waals surface area contributed by atoms with E-state index in [0.717, 1.165) is 5.56 Å². The number of hydrogen-bond donors (Lipinski definition) is 1. The molecule has 152 valence electrons. The minimum atomic E-state index is -3.29. The van der Waals surface area contributed by atoms with Crippen molar-refractivity contribution >= 4 is 15.9 Å². The zero-order chi connectivity index (χ0) is 20.1. The van der Waals surface area contributed by atoms with E-state index in [0.29, 0.717) is 31.0 Å². The summed E-state index contributed by atoms with van der Waals surface area (Å²) in [6, 6.07) is 7.26. The standard InChI is InChI=1S/C18H24N4O5S/c1-3-28(24,25)22-9-5-7-14(12-22)18(23)19-11-16-20-17(21-27-16)13-6-4-8-15(10-13)26-2/h4,6,8,10,14H,3,5,7,9,11-12H2,1-2H3,(H,19,23). The van der Waals surface area contributed by atoms with Crippen LogP contribution in [0.4, 0.5) is 0 Å². The van der Waals surface area contributed by atoms with Gasteiger partial charge in [-0.25, -0.2) is 12.7 Å². The first-order valence-electron chi connectivity index (χ1n) is 9.15. The molecule has 3 rings (SSSR count).